The number of benzene rings is 1. The summed E-state index contributed by atoms with van der Waals surface area (Å²) in [6.45, 7) is 6.63. The number of hydrogen-bond acceptors (Lipinski definition) is 4. The normalized spacial score (nSPS) is 24.2. The summed E-state index contributed by atoms with van der Waals surface area (Å²) in [5.74, 6) is 0.502. The number of rotatable bonds is 4. The average molecular weight is 299 g/mol. The Hall–Kier alpha value is -2.14. The van der Waals surface area contributed by atoms with Gasteiger partial charge in [-0.2, -0.15) is 0 Å². The minimum atomic E-state index is 0.0653. The van der Waals surface area contributed by atoms with E-state index in [1.165, 1.54) is 6.26 Å². The first-order valence-electron chi connectivity index (χ1n) is 7.67. The molecule has 3 heterocycles. The zero-order chi connectivity index (χ0) is 15.4. The fraction of sp³-hybridized carbons (Fsp3) is 0.412. The molecule has 0 aliphatic carbocycles. The van der Waals surface area contributed by atoms with Gasteiger partial charge in [-0.1, -0.05) is 24.8 Å². The van der Waals surface area contributed by atoms with Crippen LogP contribution >= 0.6 is 0 Å². The molecule has 116 valence electrons. The van der Waals surface area contributed by atoms with Crippen LogP contribution in [0.1, 0.15) is 18.4 Å². The molecule has 0 aromatic heterocycles. The summed E-state index contributed by atoms with van der Waals surface area (Å²) in [5.41, 5.74) is 0.846. The van der Waals surface area contributed by atoms with Gasteiger partial charge in [-0.3, -0.25) is 9.69 Å². The maximum atomic E-state index is 12.4. The molecule has 1 amide bonds. The van der Waals surface area contributed by atoms with E-state index in [0.717, 1.165) is 38.2 Å². The Kier molecular flexibility index (Phi) is 4.53. The van der Waals surface area contributed by atoms with E-state index in [4.69, 9.17) is 4.74 Å². The standard InChI is InChI=1S/C17H21N3O2/c1-2-22-17(14-6-4-3-5-7-14)18-12-16(21)20-13-19-10-8-15(20)9-11-19/h2-7,15H,1,8-13H2. The van der Waals surface area contributed by atoms with Crippen molar-refractivity contribution in [1.82, 2.24) is 9.80 Å². The number of nitrogens with zero attached hydrogens (tertiary/aromatic N) is 3. The predicted octanol–water partition coefficient (Wildman–Crippen LogP) is 1.86. The lowest BCUT2D eigenvalue weighted by atomic mass is 10.00. The van der Waals surface area contributed by atoms with Crippen molar-refractivity contribution in [3.63, 3.8) is 0 Å². The summed E-state index contributed by atoms with van der Waals surface area (Å²) >= 11 is 0. The molecule has 1 aromatic rings. The van der Waals surface area contributed by atoms with Crippen LogP contribution in [0.15, 0.2) is 48.2 Å². The second-order valence-electron chi connectivity index (χ2n) is 5.63. The maximum Gasteiger partial charge on any atom is 0.245 e. The van der Waals surface area contributed by atoms with Crippen molar-refractivity contribution in [3.05, 3.63) is 48.7 Å². The smallest absolute Gasteiger partial charge is 0.245 e. The first-order chi connectivity index (χ1) is 10.8. The van der Waals surface area contributed by atoms with Gasteiger partial charge in [0, 0.05) is 24.7 Å². The first kappa shape index (κ1) is 14.8. The van der Waals surface area contributed by atoms with Gasteiger partial charge in [-0.15, -0.1) is 0 Å². The molecule has 0 radical (unpaired) electrons. The van der Waals surface area contributed by atoms with Crippen LogP contribution < -0.4 is 0 Å². The molecule has 0 unspecified atom stereocenters. The number of aliphatic imine (C=N–C) groups is 1. The number of carbonyl (C=O) groups is 1. The SMILES string of the molecule is C=COC(=NCC(=O)N1CN2CCC1CC2)c1ccccc1. The van der Waals surface area contributed by atoms with E-state index in [2.05, 4.69) is 16.5 Å². The Morgan fingerprint density at radius 3 is 2.64 bits per heavy atom. The van der Waals surface area contributed by atoms with Crippen molar-refractivity contribution < 1.29 is 9.53 Å². The van der Waals surface area contributed by atoms with Gasteiger partial charge in [0.25, 0.3) is 0 Å². The number of carbonyl (C=O) groups excluding carboxylic acids is 1. The number of amides is 1. The highest BCUT2D eigenvalue weighted by atomic mass is 16.5. The zero-order valence-electron chi connectivity index (χ0n) is 12.6. The quantitative estimate of drug-likeness (QED) is 0.484. The van der Waals surface area contributed by atoms with Crippen molar-refractivity contribution in [2.24, 2.45) is 4.99 Å². The highest BCUT2D eigenvalue weighted by molar-refractivity contribution is 5.95. The molecule has 2 bridgehead atoms. The molecule has 0 spiro atoms. The molecule has 0 N–H and O–H groups in total. The molecule has 4 rings (SSSR count). The molecule has 5 heteroatoms. The molecule has 22 heavy (non-hydrogen) atoms. The number of ether oxygens (including phenoxy) is 1. The van der Waals surface area contributed by atoms with Crippen LogP contribution in [0, 0.1) is 0 Å². The minimum Gasteiger partial charge on any atom is -0.447 e. The van der Waals surface area contributed by atoms with Gasteiger partial charge < -0.3 is 9.64 Å². The van der Waals surface area contributed by atoms with Crippen molar-refractivity contribution >= 4 is 11.8 Å². The van der Waals surface area contributed by atoms with Gasteiger partial charge in [-0.05, 0) is 25.0 Å². The number of fused-ring (bicyclic) bond motifs is 3. The first-order valence-corrected chi connectivity index (χ1v) is 7.67. The van der Waals surface area contributed by atoms with Crippen molar-refractivity contribution in [1.29, 1.82) is 0 Å². The van der Waals surface area contributed by atoms with Gasteiger partial charge in [0.2, 0.25) is 11.8 Å². The average Bonchev–Trinajstić information content (AvgIpc) is 2.60. The third-order valence-electron chi connectivity index (χ3n) is 4.24. The van der Waals surface area contributed by atoms with Crippen molar-refractivity contribution in [2.75, 3.05) is 26.3 Å². The Labute approximate surface area is 130 Å². The topological polar surface area (TPSA) is 45.1 Å². The van der Waals surface area contributed by atoms with E-state index in [1.807, 2.05) is 35.2 Å². The Morgan fingerprint density at radius 2 is 2.05 bits per heavy atom. The van der Waals surface area contributed by atoms with E-state index in [1.54, 1.807) is 0 Å². The number of hydrogen-bond donors (Lipinski definition) is 0. The van der Waals surface area contributed by atoms with Crippen LogP contribution in [0.2, 0.25) is 0 Å². The summed E-state index contributed by atoms with van der Waals surface area (Å²) < 4.78 is 5.36. The summed E-state index contributed by atoms with van der Waals surface area (Å²) in [4.78, 5) is 21.1. The third-order valence-corrected chi connectivity index (χ3v) is 4.24. The van der Waals surface area contributed by atoms with Crippen LogP contribution in [-0.4, -0.2) is 53.9 Å². The minimum absolute atomic E-state index is 0.0653. The van der Waals surface area contributed by atoms with Crippen LogP contribution in [-0.2, 0) is 9.53 Å². The second kappa shape index (κ2) is 6.75. The monoisotopic (exact) mass is 299 g/mol. The van der Waals surface area contributed by atoms with Gasteiger partial charge in [0.15, 0.2) is 0 Å². The van der Waals surface area contributed by atoms with E-state index < -0.39 is 0 Å². The highest BCUT2D eigenvalue weighted by Crippen LogP contribution is 2.23. The summed E-state index contributed by atoms with van der Waals surface area (Å²) in [7, 11) is 0. The van der Waals surface area contributed by atoms with Crippen molar-refractivity contribution in [3.8, 4) is 0 Å². The summed E-state index contributed by atoms with van der Waals surface area (Å²) in [5, 5.41) is 0. The largest absolute Gasteiger partial charge is 0.447 e. The molecule has 3 aliphatic heterocycles. The van der Waals surface area contributed by atoms with Crippen molar-refractivity contribution in [2.45, 2.75) is 18.9 Å². The molecule has 0 saturated carbocycles. The fourth-order valence-electron chi connectivity index (χ4n) is 3.07. The van der Waals surface area contributed by atoms with Gasteiger partial charge in [-0.25, -0.2) is 4.99 Å². The van der Waals surface area contributed by atoms with Crippen LogP contribution in [0.4, 0.5) is 0 Å². The molecule has 1 aromatic carbocycles. The maximum absolute atomic E-state index is 12.4. The number of piperidine rings is 1. The third kappa shape index (κ3) is 3.20. The molecule has 0 atom stereocenters. The van der Waals surface area contributed by atoms with E-state index in [0.29, 0.717) is 11.9 Å². The molecule has 5 nitrogen and oxygen atoms in total. The molecule has 3 aliphatic rings. The van der Waals surface area contributed by atoms with Gasteiger partial charge in [0.1, 0.15) is 6.54 Å². The highest BCUT2D eigenvalue weighted by Gasteiger charge is 2.34. The second-order valence-corrected chi connectivity index (χ2v) is 5.63. The Balaban J connectivity index is 1.68. The summed E-state index contributed by atoms with van der Waals surface area (Å²) in [6.07, 6.45) is 3.49. The molecular formula is C17H21N3O2. The Morgan fingerprint density at radius 1 is 1.32 bits per heavy atom. The van der Waals surface area contributed by atoms with E-state index >= 15 is 0 Å². The van der Waals surface area contributed by atoms with E-state index in [-0.39, 0.29) is 12.5 Å². The van der Waals surface area contributed by atoms with Crippen LogP contribution in [0.3, 0.4) is 0 Å². The predicted molar refractivity (Wildman–Crippen MR) is 85.4 cm³/mol. The lowest BCUT2D eigenvalue weighted by molar-refractivity contribution is -0.141. The molecule has 3 fully saturated rings. The Bertz CT molecular complexity index is 563. The van der Waals surface area contributed by atoms with Crippen LogP contribution in [0.5, 0.6) is 0 Å². The summed E-state index contributed by atoms with van der Waals surface area (Å²) in [6, 6.07) is 9.95. The van der Waals surface area contributed by atoms with Crippen LogP contribution in [0.25, 0.3) is 0 Å². The van der Waals surface area contributed by atoms with Gasteiger partial charge >= 0.3 is 0 Å². The molecule has 3 saturated heterocycles. The lowest BCUT2D eigenvalue weighted by Gasteiger charge is -2.47. The van der Waals surface area contributed by atoms with E-state index in [9.17, 15) is 4.79 Å². The zero-order valence-corrected chi connectivity index (χ0v) is 12.6. The van der Waals surface area contributed by atoms with Gasteiger partial charge in [0.05, 0.1) is 12.9 Å². The molecular weight excluding hydrogens is 278 g/mol. The fourth-order valence-corrected chi connectivity index (χ4v) is 3.07. The lowest BCUT2D eigenvalue weighted by Crippen LogP contribution is -2.59.